The first-order valence-corrected chi connectivity index (χ1v) is 8.05. The molecule has 25 heavy (non-hydrogen) atoms. The zero-order chi connectivity index (χ0) is 18.8. The molecule has 1 atom stereocenters. The van der Waals surface area contributed by atoms with Crippen molar-refractivity contribution in [1.29, 1.82) is 0 Å². The molecule has 0 saturated heterocycles. The second-order valence-electron chi connectivity index (χ2n) is 5.64. The van der Waals surface area contributed by atoms with Crippen LogP contribution >= 0.6 is 0 Å². The highest BCUT2D eigenvalue weighted by Crippen LogP contribution is 2.12. The molecule has 0 fully saturated rings. The molecule has 1 aromatic carbocycles. The van der Waals surface area contributed by atoms with Crippen LogP contribution in [0.15, 0.2) is 36.4 Å². The van der Waals surface area contributed by atoms with Crippen LogP contribution in [-0.2, 0) is 14.3 Å². The zero-order valence-corrected chi connectivity index (χ0v) is 14.8. The third kappa shape index (κ3) is 7.52. The van der Waals surface area contributed by atoms with Crippen molar-refractivity contribution in [2.75, 3.05) is 25.6 Å². The van der Waals surface area contributed by atoms with Gasteiger partial charge in [0.25, 0.3) is 5.91 Å². The van der Waals surface area contributed by atoms with Crippen molar-refractivity contribution in [2.45, 2.75) is 25.8 Å². The van der Waals surface area contributed by atoms with E-state index >= 15 is 0 Å². The third-order valence-electron chi connectivity index (χ3n) is 3.42. The number of nitrogens with zero attached hydrogens (tertiary/aromatic N) is 1. The number of rotatable bonds is 9. The Morgan fingerprint density at radius 2 is 1.88 bits per heavy atom. The fourth-order valence-electron chi connectivity index (χ4n) is 2.06. The van der Waals surface area contributed by atoms with E-state index in [1.165, 1.54) is 12.2 Å². The molecule has 0 saturated carbocycles. The molecule has 0 aliphatic carbocycles. The summed E-state index contributed by atoms with van der Waals surface area (Å²) in [5.41, 5.74) is 6.62. The quantitative estimate of drug-likeness (QED) is 0.517. The fourth-order valence-corrected chi connectivity index (χ4v) is 2.06. The maximum Gasteiger partial charge on any atom is 0.330 e. The predicted octanol–water partition coefficient (Wildman–Crippen LogP) is 1.24. The van der Waals surface area contributed by atoms with Crippen LogP contribution in [-0.4, -0.2) is 44.5 Å². The lowest BCUT2D eigenvalue weighted by molar-refractivity contribution is -0.137. The summed E-state index contributed by atoms with van der Waals surface area (Å²) < 4.78 is 4.81. The molecule has 2 amide bonds. The Morgan fingerprint density at radius 1 is 1.24 bits per heavy atom. The Labute approximate surface area is 147 Å². The van der Waals surface area contributed by atoms with Gasteiger partial charge in [-0.1, -0.05) is 6.08 Å². The van der Waals surface area contributed by atoms with Gasteiger partial charge in [0.05, 0.1) is 6.61 Å². The smallest absolute Gasteiger partial charge is 0.330 e. The van der Waals surface area contributed by atoms with Gasteiger partial charge in [-0.2, -0.15) is 0 Å². The Balaban J connectivity index is 2.78. The topological polar surface area (TPSA) is 102 Å². The van der Waals surface area contributed by atoms with E-state index < -0.39 is 17.9 Å². The normalized spacial score (nSPS) is 11.8. The van der Waals surface area contributed by atoms with E-state index in [1.54, 1.807) is 19.1 Å². The summed E-state index contributed by atoms with van der Waals surface area (Å²) in [6.07, 6.45) is 3.14. The standard InChI is InChI=1S/C18H25N3O4/c1-4-25-17(23)12-8-14(7-11-16(19)22)20-18(24)13-5-9-15(10-6-13)21(2)3/h5-6,8-10,12,14H,4,7,11H2,1-3H3,(H2,19,22)(H,20,24)/t14-/m0/s1. The summed E-state index contributed by atoms with van der Waals surface area (Å²) in [5, 5.41) is 2.78. The molecule has 3 N–H and O–H groups in total. The number of anilines is 1. The number of esters is 1. The summed E-state index contributed by atoms with van der Waals surface area (Å²) in [5.74, 6) is -1.27. The minimum Gasteiger partial charge on any atom is -0.463 e. The monoisotopic (exact) mass is 347 g/mol. The van der Waals surface area contributed by atoms with Gasteiger partial charge in [-0.25, -0.2) is 4.79 Å². The van der Waals surface area contributed by atoms with Crippen molar-refractivity contribution in [3.63, 3.8) is 0 Å². The highest BCUT2D eigenvalue weighted by Gasteiger charge is 2.13. The molecule has 7 heteroatoms. The van der Waals surface area contributed by atoms with Crippen molar-refractivity contribution < 1.29 is 19.1 Å². The van der Waals surface area contributed by atoms with Crippen molar-refractivity contribution in [1.82, 2.24) is 5.32 Å². The summed E-state index contributed by atoms with van der Waals surface area (Å²) in [6.45, 7) is 1.97. The number of amides is 2. The van der Waals surface area contributed by atoms with Crippen molar-refractivity contribution in [3.05, 3.63) is 42.0 Å². The summed E-state index contributed by atoms with van der Waals surface area (Å²) in [7, 11) is 3.82. The van der Waals surface area contributed by atoms with Crippen LogP contribution in [0.25, 0.3) is 0 Å². The fraction of sp³-hybridized carbons (Fsp3) is 0.389. The zero-order valence-electron chi connectivity index (χ0n) is 14.8. The largest absolute Gasteiger partial charge is 0.463 e. The Hall–Kier alpha value is -2.83. The SMILES string of the molecule is CCOC(=O)C=C[C@H](CCC(N)=O)NC(=O)c1ccc(N(C)C)cc1. The van der Waals surface area contributed by atoms with Crippen LogP contribution in [0.3, 0.4) is 0 Å². The van der Waals surface area contributed by atoms with Crippen LogP contribution in [0.5, 0.6) is 0 Å². The van der Waals surface area contributed by atoms with E-state index in [0.717, 1.165) is 5.69 Å². The van der Waals surface area contributed by atoms with Crippen LogP contribution in [0.1, 0.15) is 30.1 Å². The van der Waals surface area contributed by atoms with Crippen LogP contribution < -0.4 is 16.0 Å². The minimum absolute atomic E-state index is 0.0949. The molecule has 0 bridgehead atoms. The van der Waals surface area contributed by atoms with Crippen LogP contribution in [0, 0.1) is 0 Å². The predicted molar refractivity (Wildman–Crippen MR) is 96.2 cm³/mol. The Bertz CT molecular complexity index is 624. The van der Waals surface area contributed by atoms with E-state index in [0.29, 0.717) is 12.0 Å². The molecular formula is C18H25N3O4. The lowest BCUT2D eigenvalue weighted by Crippen LogP contribution is -2.34. The van der Waals surface area contributed by atoms with Gasteiger partial charge >= 0.3 is 5.97 Å². The second-order valence-corrected chi connectivity index (χ2v) is 5.64. The maximum absolute atomic E-state index is 12.4. The molecule has 0 spiro atoms. The van der Waals surface area contributed by atoms with Gasteiger partial charge in [0.1, 0.15) is 0 Å². The minimum atomic E-state index is -0.504. The van der Waals surface area contributed by atoms with Gasteiger partial charge in [0.15, 0.2) is 0 Å². The van der Waals surface area contributed by atoms with Crippen molar-refractivity contribution >= 4 is 23.5 Å². The van der Waals surface area contributed by atoms with Crippen LogP contribution in [0.4, 0.5) is 5.69 Å². The maximum atomic E-state index is 12.4. The molecule has 0 radical (unpaired) electrons. The molecule has 0 heterocycles. The highest BCUT2D eigenvalue weighted by atomic mass is 16.5. The second kappa shape index (κ2) is 10.1. The molecule has 0 aliphatic heterocycles. The number of hydrogen-bond acceptors (Lipinski definition) is 5. The Morgan fingerprint density at radius 3 is 2.40 bits per heavy atom. The van der Waals surface area contributed by atoms with Gasteiger partial charge in [-0.15, -0.1) is 0 Å². The molecule has 1 aromatic rings. The van der Waals surface area contributed by atoms with E-state index in [2.05, 4.69) is 5.32 Å². The molecule has 136 valence electrons. The molecule has 0 aromatic heterocycles. The molecular weight excluding hydrogens is 322 g/mol. The van der Waals surface area contributed by atoms with E-state index in [1.807, 2.05) is 31.1 Å². The van der Waals surface area contributed by atoms with Gasteiger partial charge in [0.2, 0.25) is 5.91 Å². The number of primary amides is 1. The van der Waals surface area contributed by atoms with Crippen molar-refractivity contribution in [2.24, 2.45) is 5.73 Å². The van der Waals surface area contributed by atoms with Crippen LogP contribution in [0.2, 0.25) is 0 Å². The highest BCUT2D eigenvalue weighted by molar-refractivity contribution is 5.95. The number of ether oxygens (including phenoxy) is 1. The van der Waals surface area contributed by atoms with Gasteiger partial charge in [-0.3, -0.25) is 9.59 Å². The average Bonchev–Trinajstić information content (AvgIpc) is 2.57. The average molecular weight is 347 g/mol. The molecule has 1 rings (SSSR count). The summed E-state index contributed by atoms with van der Waals surface area (Å²) in [6, 6.07) is 6.59. The third-order valence-corrected chi connectivity index (χ3v) is 3.42. The number of benzene rings is 1. The first kappa shape index (κ1) is 20.2. The summed E-state index contributed by atoms with van der Waals surface area (Å²) >= 11 is 0. The molecule has 0 aliphatic rings. The van der Waals surface area contributed by atoms with Gasteiger partial charge in [-0.05, 0) is 37.6 Å². The lowest BCUT2D eigenvalue weighted by Gasteiger charge is -2.16. The van der Waals surface area contributed by atoms with E-state index in [-0.39, 0.29) is 18.9 Å². The lowest BCUT2D eigenvalue weighted by atomic mass is 10.1. The number of carbonyl (C=O) groups excluding carboxylic acids is 3. The summed E-state index contributed by atoms with van der Waals surface area (Å²) in [4.78, 5) is 36.7. The molecule has 7 nitrogen and oxygen atoms in total. The Kier molecular flexibility index (Phi) is 8.18. The first-order chi connectivity index (χ1) is 11.8. The number of hydrogen-bond donors (Lipinski definition) is 2. The van der Waals surface area contributed by atoms with E-state index in [9.17, 15) is 14.4 Å². The van der Waals surface area contributed by atoms with Gasteiger partial charge < -0.3 is 20.7 Å². The number of nitrogens with one attached hydrogen (secondary N) is 1. The van der Waals surface area contributed by atoms with Gasteiger partial charge in [0, 0.05) is 43.9 Å². The molecule has 0 unspecified atom stereocenters. The number of nitrogens with two attached hydrogens (primary N) is 1. The van der Waals surface area contributed by atoms with E-state index in [4.69, 9.17) is 10.5 Å². The van der Waals surface area contributed by atoms with Crippen molar-refractivity contribution in [3.8, 4) is 0 Å². The number of carbonyl (C=O) groups is 3. The first-order valence-electron chi connectivity index (χ1n) is 8.05.